The zero-order valence-electron chi connectivity index (χ0n) is 19.9. The van der Waals surface area contributed by atoms with E-state index in [4.69, 9.17) is 0 Å². The maximum Gasteiger partial charge on any atom is 0.0516 e. The molecule has 1 aromatic heterocycles. The van der Waals surface area contributed by atoms with Crippen LogP contribution in [0.5, 0.6) is 0 Å². The van der Waals surface area contributed by atoms with Gasteiger partial charge in [0.15, 0.2) is 0 Å². The predicted molar refractivity (Wildman–Crippen MR) is 127 cm³/mol. The van der Waals surface area contributed by atoms with Crippen molar-refractivity contribution >= 4 is 17.0 Å². The van der Waals surface area contributed by atoms with Crippen molar-refractivity contribution < 1.29 is 0 Å². The van der Waals surface area contributed by atoms with E-state index in [0.717, 1.165) is 6.42 Å². The van der Waals surface area contributed by atoms with Crippen molar-refractivity contribution in [1.82, 2.24) is 4.57 Å². The number of aryl methyl sites for hydroxylation is 4. The highest BCUT2D eigenvalue weighted by atomic mass is 14.9. The molecule has 0 fully saturated rings. The van der Waals surface area contributed by atoms with Crippen LogP contribution in [0.25, 0.3) is 17.0 Å². The lowest BCUT2D eigenvalue weighted by Gasteiger charge is -2.32. The number of nitrogens with zero attached hydrogens (tertiary/aromatic N) is 1. The van der Waals surface area contributed by atoms with Gasteiger partial charge < -0.3 is 4.57 Å². The Bertz CT molecular complexity index is 1210. The van der Waals surface area contributed by atoms with Gasteiger partial charge in [0.25, 0.3) is 0 Å². The molecule has 0 radical (unpaired) electrons. The lowest BCUT2D eigenvalue weighted by atomic mass is 9.72. The molecule has 0 atom stereocenters. The van der Waals surface area contributed by atoms with Crippen LogP contribution in [0.3, 0.4) is 0 Å². The summed E-state index contributed by atoms with van der Waals surface area (Å²) in [6, 6.07) is 2.41. The highest BCUT2D eigenvalue weighted by Gasteiger charge is 2.34. The minimum Gasteiger partial charge on any atom is -0.350 e. The molecule has 0 amide bonds. The van der Waals surface area contributed by atoms with Crippen molar-refractivity contribution in [3.05, 3.63) is 73.5 Å². The van der Waals surface area contributed by atoms with Gasteiger partial charge in [0.2, 0.25) is 0 Å². The molecule has 0 bridgehead atoms. The average Bonchev–Trinajstić information content (AvgIpc) is 3.19. The summed E-state index contributed by atoms with van der Waals surface area (Å²) in [5, 5.41) is 1.46. The van der Waals surface area contributed by atoms with Crippen LogP contribution < -0.4 is 0 Å². The number of fused-ring (bicyclic) bond motifs is 2. The molecule has 1 heteroatoms. The zero-order valence-corrected chi connectivity index (χ0v) is 19.9. The summed E-state index contributed by atoms with van der Waals surface area (Å²) in [5.41, 5.74) is 17.4. The first-order valence-corrected chi connectivity index (χ1v) is 10.8. The minimum absolute atomic E-state index is 0.0137. The lowest BCUT2D eigenvalue weighted by Crippen LogP contribution is -2.23. The molecule has 0 saturated carbocycles. The number of allylic oxidation sites excluding steroid dienone is 1. The number of hydrogen-bond acceptors (Lipinski definition) is 0. The lowest BCUT2D eigenvalue weighted by molar-refractivity contribution is 0.615. The fourth-order valence-electron chi connectivity index (χ4n) is 5.69. The maximum absolute atomic E-state index is 2.50. The van der Waals surface area contributed by atoms with E-state index >= 15 is 0 Å². The molecule has 0 N–H and O–H groups in total. The Morgan fingerprint density at radius 1 is 0.793 bits per heavy atom. The van der Waals surface area contributed by atoms with Gasteiger partial charge in [0.1, 0.15) is 0 Å². The van der Waals surface area contributed by atoms with Crippen molar-refractivity contribution in [2.24, 2.45) is 7.05 Å². The summed E-state index contributed by atoms with van der Waals surface area (Å²) in [5.74, 6) is 0. The Labute approximate surface area is 176 Å². The first-order valence-electron chi connectivity index (χ1n) is 10.8. The molecule has 1 aliphatic rings. The van der Waals surface area contributed by atoms with Crippen LogP contribution in [0.1, 0.15) is 69.5 Å². The summed E-state index contributed by atoms with van der Waals surface area (Å²) in [7, 11) is 2.19. The Balaban J connectivity index is 1.99. The third kappa shape index (κ3) is 2.66. The van der Waals surface area contributed by atoms with Crippen molar-refractivity contribution in [2.45, 2.75) is 74.1 Å². The number of aromatic nitrogens is 1. The number of benzene rings is 2. The highest BCUT2D eigenvalue weighted by molar-refractivity contribution is 5.93. The van der Waals surface area contributed by atoms with Gasteiger partial charge >= 0.3 is 0 Å². The summed E-state index contributed by atoms with van der Waals surface area (Å²) >= 11 is 0. The molecular weight excluding hydrogens is 350 g/mol. The molecule has 3 aromatic rings. The molecule has 2 aromatic carbocycles. The van der Waals surface area contributed by atoms with Gasteiger partial charge in [-0.2, -0.15) is 0 Å². The largest absolute Gasteiger partial charge is 0.350 e. The van der Waals surface area contributed by atoms with Crippen molar-refractivity contribution in [3.8, 4) is 0 Å². The zero-order chi connectivity index (χ0) is 21.4. The second-order valence-electron chi connectivity index (χ2n) is 9.88. The second kappa shape index (κ2) is 6.36. The van der Waals surface area contributed by atoms with Gasteiger partial charge in [-0.1, -0.05) is 31.6 Å². The molecular formula is C28H35N. The van der Waals surface area contributed by atoms with E-state index in [1.165, 1.54) is 72.1 Å². The molecule has 1 aliphatic carbocycles. The van der Waals surface area contributed by atoms with Crippen molar-refractivity contribution in [3.63, 3.8) is 0 Å². The molecule has 152 valence electrons. The highest BCUT2D eigenvalue weighted by Crippen LogP contribution is 2.46. The monoisotopic (exact) mass is 385 g/mol. The summed E-state index contributed by atoms with van der Waals surface area (Å²) in [4.78, 5) is 0. The van der Waals surface area contributed by atoms with Gasteiger partial charge in [-0.25, -0.2) is 0 Å². The number of rotatable bonds is 2. The molecule has 1 heterocycles. The summed E-state index contributed by atoms with van der Waals surface area (Å²) in [6.45, 7) is 20.8. The fourth-order valence-corrected chi connectivity index (χ4v) is 5.69. The van der Waals surface area contributed by atoms with Crippen molar-refractivity contribution in [2.75, 3.05) is 0 Å². The third-order valence-corrected chi connectivity index (χ3v) is 7.90. The Kier molecular flexibility index (Phi) is 4.39. The molecule has 29 heavy (non-hydrogen) atoms. The first kappa shape index (κ1) is 20.0. The summed E-state index contributed by atoms with van der Waals surface area (Å²) in [6.07, 6.45) is 5.85. The molecule has 0 aliphatic heterocycles. The van der Waals surface area contributed by atoms with E-state index < -0.39 is 0 Å². The standard InChI is InChI=1S/C28H35N/c1-15-11-22-12-23(13-24(22)19(5)17(15)3)28(8,9)26-20(6)18(4)21(7)27-25(26)16(2)14-29(27)10/h11,13-14H,12H2,1-10H3. The Morgan fingerprint density at radius 3 is 2.10 bits per heavy atom. The van der Waals surface area contributed by atoms with Gasteiger partial charge in [-0.15, -0.1) is 0 Å². The van der Waals surface area contributed by atoms with Crippen LogP contribution in [-0.2, 0) is 18.9 Å². The smallest absolute Gasteiger partial charge is 0.0516 e. The van der Waals surface area contributed by atoms with Gasteiger partial charge in [0.05, 0.1) is 5.52 Å². The van der Waals surface area contributed by atoms with Crippen LogP contribution in [-0.4, -0.2) is 4.57 Å². The molecule has 0 unspecified atom stereocenters. The van der Waals surface area contributed by atoms with Crippen LogP contribution in [0.2, 0.25) is 0 Å². The third-order valence-electron chi connectivity index (χ3n) is 7.90. The topological polar surface area (TPSA) is 4.93 Å². The fraction of sp³-hybridized carbons (Fsp3) is 0.429. The predicted octanol–water partition coefficient (Wildman–Crippen LogP) is 7.25. The van der Waals surface area contributed by atoms with Gasteiger partial charge in [-0.3, -0.25) is 0 Å². The quantitative estimate of drug-likeness (QED) is 0.437. The van der Waals surface area contributed by atoms with E-state index in [1.807, 2.05) is 0 Å². The van der Waals surface area contributed by atoms with Crippen LogP contribution in [0.15, 0.2) is 17.8 Å². The first-order chi connectivity index (χ1) is 13.5. The summed E-state index contributed by atoms with van der Waals surface area (Å²) < 4.78 is 2.32. The maximum atomic E-state index is 2.50. The minimum atomic E-state index is -0.0137. The Hall–Kier alpha value is -2.28. The van der Waals surface area contributed by atoms with E-state index in [-0.39, 0.29) is 5.41 Å². The SMILES string of the molecule is Cc1cc2c(c(C)c1C)C=C(C(C)(C)c1c(C)c(C)c(C)c3c1c(C)cn3C)C2. The molecule has 0 saturated heterocycles. The normalized spacial score (nSPS) is 13.9. The molecule has 0 spiro atoms. The van der Waals surface area contributed by atoms with Crippen LogP contribution in [0, 0.1) is 48.5 Å². The Morgan fingerprint density at radius 2 is 1.45 bits per heavy atom. The van der Waals surface area contributed by atoms with Crippen LogP contribution >= 0.6 is 0 Å². The molecule has 4 rings (SSSR count). The number of hydrogen-bond donors (Lipinski definition) is 0. The molecule has 1 nitrogen and oxygen atoms in total. The average molecular weight is 386 g/mol. The van der Waals surface area contributed by atoms with E-state index in [1.54, 1.807) is 0 Å². The van der Waals surface area contributed by atoms with Gasteiger partial charge in [-0.05, 0) is 111 Å². The second-order valence-corrected chi connectivity index (χ2v) is 9.88. The van der Waals surface area contributed by atoms with E-state index in [9.17, 15) is 0 Å². The van der Waals surface area contributed by atoms with E-state index in [0.29, 0.717) is 0 Å². The van der Waals surface area contributed by atoms with Crippen LogP contribution in [0.4, 0.5) is 0 Å². The van der Waals surface area contributed by atoms with E-state index in [2.05, 4.69) is 92.3 Å². The van der Waals surface area contributed by atoms with Gasteiger partial charge in [0, 0.05) is 24.0 Å². The van der Waals surface area contributed by atoms with Crippen molar-refractivity contribution in [1.29, 1.82) is 0 Å².